The molecule has 2 atom stereocenters. The molecule has 0 aromatic rings. The number of carbonyl (C=O) groups is 2. The van der Waals surface area contributed by atoms with E-state index in [0.717, 1.165) is 45.1 Å². The molecule has 1 amide bonds. The van der Waals surface area contributed by atoms with Crippen LogP contribution in [0.15, 0.2) is 0 Å². The number of Topliss-reactive ketones (excluding diaryl/α,β-unsaturated/α-hetero) is 1. The van der Waals surface area contributed by atoms with Crippen LogP contribution in [-0.2, 0) is 14.3 Å². The predicted octanol–water partition coefficient (Wildman–Crippen LogP) is 1.90. The van der Waals surface area contributed by atoms with Crippen molar-refractivity contribution in [1.29, 1.82) is 0 Å². The van der Waals surface area contributed by atoms with Gasteiger partial charge in [-0.15, -0.1) is 0 Å². The Morgan fingerprint density at radius 2 is 2.23 bits per heavy atom. The molecule has 0 bridgehead atoms. The summed E-state index contributed by atoms with van der Waals surface area (Å²) in [5, 5.41) is 6.35. The molecular formula is C17H32N2O3. The van der Waals surface area contributed by atoms with Gasteiger partial charge in [-0.25, -0.2) is 0 Å². The molecule has 5 heteroatoms. The zero-order valence-electron chi connectivity index (χ0n) is 14.2. The summed E-state index contributed by atoms with van der Waals surface area (Å²) in [6.07, 6.45) is 6.14. The largest absolute Gasteiger partial charge is 0.385 e. The topological polar surface area (TPSA) is 67.4 Å². The SMILES string of the molecule is CCCNCC(CC1CCCC(=O)C1)C(=O)NCCCOC. The quantitative estimate of drug-likeness (QED) is 0.572. The molecule has 0 aromatic carbocycles. The van der Waals surface area contributed by atoms with E-state index in [9.17, 15) is 9.59 Å². The minimum Gasteiger partial charge on any atom is -0.385 e. The Bertz CT molecular complexity index is 334. The molecule has 0 heterocycles. The highest BCUT2D eigenvalue weighted by atomic mass is 16.5. The Labute approximate surface area is 134 Å². The van der Waals surface area contributed by atoms with Crippen LogP contribution in [0, 0.1) is 11.8 Å². The van der Waals surface area contributed by atoms with Gasteiger partial charge in [0.05, 0.1) is 5.92 Å². The van der Waals surface area contributed by atoms with E-state index in [2.05, 4.69) is 17.6 Å². The van der Waals surface area contributed by atoms with Crippen LogP contribution < -0.4 is 10.6 Å². The second-order valence-corrected chi connectivity index (χ2v) is 6.28. The van der Waals surface area contributed by atoms with Crippen LogP contribution in [0.4, 0.5) is 0 Å². The molecule has 22 heavy (non-hydrogen) atoms. The lowest BCUT2D eigenvalue weighted by Crippen LogP contribution is -2.39. The highest BCUT2D eigenvalue weighted by molar-refractivity contribution is 5.80. The van der Waals surface area contributed by atoms with Gasteiger partial charge in [0.15, 0.2) is 0 Å². The van der Waals surface area contributed by atoms with Crippen molar-refractivity contribution in [3.8, 4) is 0 Å². The van der Waals surface area contributed by atoms with Gasteiger partial charge in [0.1, 0.15) is 5.78 Å². The maximum Gasteiger partial charge on any atom is 0.224 e. The monoisotopic (exact) mass is 312 g/mol. The fraction of sp³-hybridized carbons (Fsp3) is 0.882. The summed E-state index contributed by atoms with van der Waals surface area (Å²) in [6.45, 7) is 5.06. The van der Waals surface area contributed by atoms with Crippen molar-refractivity contribution in [2.45, 2.75) is 51.9 Å². The summed E-state index contributed by atoms with van der Waals surface area (Å²) in [6, 6.07) is 0. The molecule has 2 unspecified atom stereocenters. The Hall–Kier alpha value is -0.940. The number of hydrogen-bond acceptors (Lipinski definition) is 4. The molecule has 1 aliphatic carbocycles. The number of ketones is 1. The first-order chi connectivity index (χ1) is 10.7. The van der Waals surface area contributed by atoms with Crippen LogP contribution in [0.1, 0.15) is 51.9 Å². The first kappa shape index (κ1) is 19.1. The molecule has 5 nitrogen and oxygen atoms in total. The first-order valence-electron chi connectivity index (χ1n) is 8.66. The summed E-state index contributed by atoms with van der Waals surface area (Å²) in [5.74, 6) is 0.805. The normalized spacial score (nSPS) is 19.9. The molecule has 0 saturated heterocycles. The molecule has 128 valence electrons. The van der Waals surface area contributed by atoms with Gasteiger partial charge in [-0.3, -0.25) is 9.59 Å². The van der Waals surface area contributed by atoms with E-state index in [1.807, 2.05) is 0 Å². The number of hydrogen-bond donors (Lipinski definition) is 2. The number of nitrogens with one attached hydrogen (secondary N) is 2. The van der Waals surface area contributed by atoms with E-state index in [1.54, 1.807) is 7.11 Å². The minimum absolute atomic E-state index is 0.0370. The fourth-order valence-electron chi connectivity index (χ4n) is 3.03. The highest BCUT2D eigenvalue weighted by Crippen LogP contribution is 2.27. The molecule has 0 aliphatic heterocycles. The number of rotatable bonds is 11. The van der Waals surface area contributed by atoms with E-state index in [0.29, 0.717) is 37.8 Å². The maximum absolute atomic E-state index is 12.4. The van der Waals surface area contributed by atoms with Crippen molar-refractivity contribution >= 4 is 11.7 Å². The van der Waals surface area contributed by atoms with E-state index < -0.39 is 0 Å². The molecule has 0 radical (unpaired) electrons. The summed E-state index contributed by atoms with van der Waals surface area (Å²) in [5.41, 5.74) is 0. The lowest BCUT2D eigenvalue weighted by molar-refractivity contribution is -0.127. The van der Waals surface area contributed by atoms with Gasteiger partial charge in [0.2, 0.25) is 5.91 Å². The zero-order chi connectivity index (χ0) is 16.2. The molecule has 1 rings (SSSR count). The van der Waals surface area contributed by atoms with E-state index in [-0.39, 0.29) is 11.8 Å². The fourth-order valence-corrected chi connectivity index (χ4v) is 3.03. The molecule has 1 saturated carbocycles. The third kappa shape index (κ3) is 7.90. The van der Waals surface area contributed by atoms with E-state index >= 15 is 0 Å². The van der Waals surface area contributed by atoms with E-state index in [4.69, 9.17) is 4.74 Å². The summed E-state index contributed by atoms with van der Waals surface area (Å²) in [4.78, 5) is 24.0. The third-order valence-electron chi connectivity index (χ3n) is 4.21. The van der Waals surface area contributed by atoms with Crippen LogP contribution in [0.25, 0.3) is 0 Å². The lowest BCUT2D eigenvalue weighted by atomic mass is 9.82. The Morgan fingerprint density at radius 1 is 1.41 bits per heavy atom. The van der Waals surface area contributed by atoms with Crippen LogP contribution >= 0.6 is 0 Å². The second-order valence-electron chi connectivity index (χ2n) is 6.28. The van der Waals surface area contributed by atoms with Crippen LogP contribution in [-0.4, -0.2) is 45.0 Å². The second kappa shape index (κ2) is 11.6. The van der Waals surface area contributed by atoms with Crippen molar-refractivity contribution < 1.29 is 14.3 Å². The molecule has 2 N–H and O–H groups in total. The lowest BCUT2D eigenvalue weighted by Gasteiger charge is -2.25. The first-order valence-corrected chi connectivity index (χ1v) is 8.66. The van der Waals surface area contributed by atoms with Crippen LogP contribution in [0.2, 0.25) is 0 Å². The smallest absolute Gasteiger partial charge is 0.224 e. The average Bonchev–Trinajstić information content (AvgIpc) is 2.50. The molecule has 0 aromatic heterocycles. The Morgan fingerprint density at radius 3 is 2.91 bits per heavy atom. The van der Waals surface area contributed by atoms with Crippen molar-refractivity contribution in [2.75, 3.05) is 33.4 Å². The van der Waals surface area contributed by atoms with Gasteiger partial charge in [-0.05, 0) is 44.6 Å². The van der Waals surface area contributed by atoms with Crippen LogP contribution in [0.5, 0.6) is 0 Å². The summed E-state index contributed by atoms with van der Waals surface area (Å²) >= 11 is 0. The van der Waals surface area contributed by atoms with Crippen molar-refractivity contribution in [2.24, 2.45) is 11.8 Å². The van der Waals surface area contributed by atoms with E-state index in [1.165, 1.54) is 0 Å². The van der Waals surface area contributed by atoms with Crippen molar-refractivity contribution in [3.63, 3.8) is 0 Å². The van der Waals surface area contributed by atoms with Gasteiger partial charge >= 0.3 is 0 Å². The van der Waals surface area contributed by atoms with Gasteiger partial charge in [0.25, 0.3) is 0 Å². The molecule has 1 aliphatic rings. The zero-order valence-corrected chi connectivity index (χ0v) is 14.2. The molecule has 0 spiro atoms. The van der Waals surface area contributed by atoms with Gasteiger partial charge in [0, 0.05) is 39.6 Å². The number of carbonyl (C=O) groups excluding carboxylic acids is 2. The Kier molecular flexibility index (Phi) is 10.1. The van der Waals surface area contributed by atoms with Crippen molar-refractivity contribution in [1.82, 2.24) is 10.6 Å². The predicted molar refractivity (Wildman–Crippen MR) is 87.7 cm³/mol. The summed E-state index contributed by atoms with van der Waals surface area (Å²) < 4.78 is 5.00. The average molecular weight is 312 g/mol. The van der Waals surface area contributed by atoms with Gasteiger partial charge < -0.3 is 15.4 Å². The standard InChI is InChI=1S/C17H32N2O3/c1-3-8-18-13-15(17(21)19-9-5-10-22-2)11-14-6-4-7-16(20)12-14/h14-15,18H,3-13H2,1-2H3,(H,19,21). The maximum atomic E-state index is 12.4. The van der Waals surface area contributed by atoms with Crippen LogP contribution in [0.3, 0.4) is 0 Å². The van der Waals surface area contributed by atoms with Gasteiger partial charge in [-0.1, -0.05) is 6.92 Å². The highest BCUT2D eigenvalue weighted by Gasteiger charge is 2.26. The molecular weight excluding hydrogens is 280 g/mol. The van der Waals surface area contributed by atoms with Gasteiger partial charge in [-0.2, -0.15) is 0 Å². The number of ether oxygens (including phenoxy) is 1. The number of amides is 1. The molecule has 1 fully saturated rings. The minimum atomic E-state index is -0.0370. The Balaban J connectivity index is 2.43. The summed E-state index contributed by atoms with van der Waals surface area (Å²) in [7, 11) is 1.67. The third-order valence-corrected chi connectivity index (χ3v) is 4.21. The van der Waals surface area contributed by atoms with Crippen molar-refractivity contribution in [3.05, 3.63) is 0 Å². The number of methoxy groups -OCH3 is 1.